The molecule has 1 atom stereocenters. The van der Waals surface area contributed by atoms with Crippen LogP contribution in [0.25, 0.3) is 0 Å². The molecular formula is C13H16F4N2O. The molecule has 0 saturated carbocycles. The van der Waals surface area contributed by atoms with E-state index in [1.165, 1.54) is 0 Å². The van der Waals surface area contributed by atoms with Crippen LogP contribution in [0, 0.1) is 5.82 Å². The van der Waals surface area contributed by atoms with Crippen molar-refractivity contribution in [2.75, 3.05) is 6.54 Å². The van der Waals surface area contributed by atoms with Gasteiger partial charge >= 0.3 is 6.18 Å². The summed E-state index contributed by atoms with van der Waals surface area (Å²) in [6.07, 6.45) is -4.11. The summed E-state index contributed by atoms with van der Waals surface area (Å²) in [5, 5.41) is 2.89. The van der Waals surface area contributed by atoms with Crippen molar-refractivity contribution in [3.8, 4) is 0 Å². The van der Waals surface area contributed by atoms with Crippen LogP contribution in [-0.2, 0) is 11.0 Å². The van der Waals surface area contributed by atoms with E-state index in [4.69, 9.17) is 5.73 Å². The molecule has 0 spiro atoms. The summed E-state index contributed by atoms with van der Waals surface area (Å²) in [5.41, 5.74) is 4.05. The average molecular weight is 292 g/mol. The average Bonchev–Trinajstić information content (AvgIpc) is 2.32. The first kappa shape index (κ1) is 16.4. The normalized spacial score (nSPS) is 13.2. The van der Waals surface area contributed by atoms with Gasteiger partial charge in [0.25, 0.3) is 0 Å². The van der Waals surface area contributed by atoms with Crippen molar-refractivity contribution in [2.24, 2.45) is 5.73 Å². The van der Waals surface area contributed by atoms with E-state index in [2.05, 4.69) is 5.32 Å². The zero-order valence-corrected chi connectivity index (χ0v) is 10.9. The fourth-order valence-corrected chi connectivity index (χ4v) is 1.80. The van der Waals surface area contributed by atoms with E-state index >= 15 is 0 Å². The third kappa shape index (κ3) is 4.80. The minimum atomic E-state index is -4.64. The predicted octanol–water partition coefficient (Wildman–Crippen LogP) is 2.76. The smallest absolute Gasteiger partial charge is 0.370 e. The van der Waals surface area contributed by atoms with E-state index in [0.29, 0.717) is 12.6 Å². The number of hydrogen-bond donors (Lipinski definition) is 2. The Bertz CT molecular complexity index is 474. The maximum atomic E-state index is 13.3. The topological polar surface area (TPSA) is 55.1 Å². The second-order valence-corrected chi connectivity index (χ2v) is 4.45. The highest BCUT2D eigenvalue weighted by Crippen LogP contribution is 2.32. The molecule has 0 heterocycles. The molecule has 3 N–H and O–H groups in total. The molecule has 112 valence electrons. The molecule has 1 aromatic rings. The Balaban J connectivity index is 3.11. The van der Waals surface area contributed by atoms with Crippen LogP contribution in [0.15, 0.2) is 18.2 Å². The third-order valence-electron chi connectivity index (χ3n) is 2.70. The lowest BCUT2D eigenvalue weighted by Crippen LogP contribution is -2.27. The lowest BCUT2D eigenvalue weighted by Gasteiger charge is -2.19. The first-order chi connectivity index (χ1) is 9.24. The maximum absolute atomic E-state index is 13.3. The summed E-state index contributed by atoms with van der Waals surface area (Å²) in [7, 11) is 0. The Hall–Kier alpha value is -1.63. The second kappa shape index (κ2) is 6.69. The monoisotopic (exact) mass is 292 g/mol. The van der Waals surface area contributed by atoms with Crippen LogP contribution in [0.2, 0.25) is 0 Å². The molecule has 1 unspecified atom stereocenters. The fraction of sp³-hybridized carbons (Fsp3) is 0.462. The summed E-state index contributed by atoms with van der Waals surface area (Å²) in [6, 6.07) is 1.50. The number of alkyl halides is 3. The minimum absolute atomic E-state index is 0.0598. The number of rotatable bonds is 6. The van der Waals surface area contributed by atoms with Crippen molar-refractivity contribution in [1.29, 1.82) is 0 Å². The summed E-state index contributed by atoms with van der Waals surface area (Å²) < 4.78 is 51.3. The molecule has 1 aromatic carbocycles. The van der Waals surface area contributed by atoms with Gasteiger partial charge in [0.15, 0.2) is 0 Å². The molecular weight excluding hydrogens is 276 g/mol. The van der Waals surface area contributed by atoms with Gasteiger partial charge in [-0.05, 0) is 36.7 Å². The third-order valence-corrected chi connectivity index (χ3v) is 2.70. The van der Waals surface area contributed by atoms with Crippen LogP contribution >= 0.6 is 0 Å². The van der Waals surface area contributed by atoms with Gasteiger partial charge in [0.05, 0.1) is 5.56 Å². The van der Waals surface area contributed by atoms with Crippen LogP contribution in [0.3, 0.4) is 0 Å². The van der Waals surface area contributed by atoms with Crippen LogP contribution in [0.4, 0.5) is 17.6 Å². The highest BCUT2D eigenvalue weighted by molar-refractivity contribution is 5.74. The van der Waals surface area contributed by atoms with Gasteiger partial charge < -0.3 is 11.1 Å². The molecule has 0 fully saturated rings. The van der Waals surface area contributed by atoms with Crippen LogP contribution in [-0.4, -0.2) is 12.5 Å². The second-order valence-electron chi connectivity index (χ2n) is 4.45. The summed E-state index contributed by atoms with van der Waals surface area (Å²) in [4.78, 5) is 11.0. The van der Waals surface area contributed by atoms with Crippen molar-refractivity contribution < 1.29 is 22.4 Å². The first-order valence-corrected chi connectivity index (χ1v) is 6.13. The van der Waals surface area contributed by atoms with Gasteiger partial charge in [0.1, 0.15) is 5.82 Å². The molecule has 0 aliphatic rings. The quantitative estimate of drug-likeness (QED) is 0.792. The van der Waals surface area contributed by atoms with Gasteiger partial charge in [0.2, 0.25) is 5.91 Å². The fourth-order valence-electron chi connectivity index (χ4n) is 1.80. The minimum Gasteiger partial charge on any atom is -0.370 e. The molecule has 20 heavy (non-hydrogen) atoms. The lowest BCUT2D eigenvalue weighted by molar-refractivity contribution is -0.137. The molecule has 0 aromatic heterocycles. The summed E-state index contributed by atoms with van der Waals surface area (Å²) >= 11 is 0. The Morgan fingerprint density at radius 3 is 2.50 bits per heavy atom. The Kier molecular flexibility index (Phi) is 5.50. The van der Waals surface area contributed by atoms with Crippen LogP contribution < -0.4 is 11.1 Å². The number of hydrogen-bond acceptors (Lipinski definition) is 2. The standard InChI is InChI=1S/C13H16F4N2O/c1-2-3-19-11(7-12(18)20)8-4-9(13(15,16)17)6-10(14)5-8/h4-6,11,19H,2-3,7H2,1H3,(H2,18,20). The zero-order valence-electron chi connectivity index (χ0n) is 10.9. The Morgan fingerprint density at radius 2 is 2.00 bits per heavy atom. The van der Waals surface area contributed by atoms with E-state index in [1.807, 2.05) is 6.92 Å². The SMILES string of the molecule is CCCNC(CC(N)=O)c1cc(F)cc(C(F)(F)F)c1. The van der Waals surface area contributed by atoms with Gasteiger partial charge in [-0.1, -0.05) is 6.92 Å². The van der Waals surface area contributed by atoms with E-state index in [0.717, 1.165) is 18.6 Å². The molecule has 3 nitrogen and oxygen atoms in total. The van der Waals surface area contributed by atoms with Crippen molar-refractivity contribution in [2.45, 2.75) is 32.0 Å². The zero-order chi connectivity index (χ0) is 15.3. The van der Waals surface area contributed by atoms with Gasteiger partial charge in [-0.2, -0.15) is 13.2 Å². The predicted molar refractivity (Wildman–Crippen MR) is 66.2 cm³/mol. The van der Waals surface area contributed by atoms with Crippen LogP contribution in [0.1, 0.15) is 36.9 Å². The van der Waals surface area contributed by atoms with E-state index in [1.54, 1.807) is 0 Å². The van der Waals surface area contributed by atoms with Gasteiger partial charge in [-0.25, -0.2) is 4.39 Å². The van der Waals surface area contributed by atoms with Gasteiger partial charge in [0, 0.05) is 12.5 Å². The first-order valence-electron chi connectivity index (χ1n) is 6.13. The number of nitrogens with one attached hydrogen (secondary N) is 1. The number of carbonyl (C=O) groups excluding carboxylic acids is 1. The van der Waals surface area contributed by atoms with Crippen molar-refractivity contribution in [3.63, 3.8) is 0 Å². The molecule has 7 heteroatoms. The number of halogens is 4. The molecule has 0 aliphatic carbocycles. The molecule has 1 rings (SSSR count). The van der Waals surface area contributed by atoms with Gasteiger partial charge in [-0.3, -0.25) is 4.79 Å². The molecule has 0 saturated heterocycles. The summed E-state index contributed by atoms with van der Waals surface area (Å²) in [5.74, 6) is -1.67. The molecule has 0 radical (unpaired) electrons. The van der Waals surface area contributed by atoms with E-state index in [9.17, 15) is 22.4 Å². The maximum Gasteiger partial charge on any atom is 0.416 e. The number of benzene rings is 1. The highest BCUT2D eigenvalue weighted by atomic mass is 19.4. The van der Waals surface area contributed by atoms with Crippen molar-refractivity contribution >= 4 is 5.91 Å². The molecule has 1 amide bonds. The number of primary amides is 1. The number of carbonyl (C=O) groups is 1. The summed E-state index contributed by atoms with van der Waals surface area (Å²) in [6.45, 7) is 2.34. The van der Waals surface area contributed by atoms with E-state index in [-0.39, 0.29) is 12.0 Å². The molecule has 0 aliphatic heterocycles. The number of amides is 1. The highest BCUT2D eigenvalue weighted by Gasteiger charge is 2.32. The van der Waals surface area contributed by atoms with Crippen LogP contribution in [0.5, 0.6) is 0 Å². The van der Waals surface area contributed by atoms with Crippen molar-refractivity contribution in [3.05, 3.63) is 35.1 Å². The molecule has 0 bridgehead atoms. The lowest BCUT2D eigenvalue weighted by atomic mass is 10.00. The van der Waals surface area contributed by atoms with Gasteiger partial charge in [-0.15, -0.1) is 0 Å². The van der Waals surface area contributed by atoms with E-state index < -0.39 is 29.5 Å². The largest absolute Gasteiger partial charge is 0.416 e. The van der Waals surface area contributed by atoms with Crippen molar-refractivity contribution in [1.82, 2.24) is 5.32 Å². The Labute approximate surface area is 114 Å². The Morgan fingerprint density at radius 1 is 1.35 bits per heavy atom. The number of nitrogens with two attached hydrogens (primary N) is 1.